The molecule has 2 saturated carbocycles. The van der Waals surface area contributed by atoms with Crippen LogP contribution in [0.4, 0.5) is 0 Å². The zero-order chi connectivity index (χ0) is 20.4. The number of hydrogen-bond acceptors (Lipinski definition) is 3. The van der Waals surface area contributed by atoms with Gasteiger partial charge in [-0.25, -0.2) is 15.0 Å². The second-order valence-electron chi connectivity index (χ2n) is 9.03. The van der Waals surface area contributed by atoms with Crippen molar-refractivity contribution in [2.75, 3.05) is 0 Å². The molecule has 4 nitrogen and oxygen atoms in total. The van der Waals surface area contributed by atoms with E-state index in [1.54, 1.807) is 6.07 Å². The molecule has 0 heterocycles. The van der Waals surface area contributed by atoms with E-state index >= 15 is 0 Å². The molecule has 158 valence electrons. The van der Waals surface area contributed by atoms with Crippen LogP contribution in [0.25, 0.3) is 4.85 Å². The molecule has 1 aromatic carbocycles. The molecule has 3 aliphatic rings. The predicted molar refractivity (Wildman–Crippen MR) is 117 cm³/mol. The number of nitrogens with zero attached hydrogens (tertiary/aromatic N) is 1. The summed E-state index contributed by atoms with van der Waals surface area (Å²) in [6.07, 6.45) is 15.2. The quantitative estimate of drug-likeness (QED) is 0.304. The van der Waals surface area contributed by atoms with E-state index in [4.69, 9.17) is 6.57 Å². The molecule has 30 heavy (non-hydrogen) atoms. The van der Waals surface area contributed by atoms with Crippen LogP contribution < -0.4 is 29.6 Å². The summed E-state index contributed by atoms with van der Waals surface area (Å²) in [5.41, 5.74) is 3.78. The summed E-state index contributed by atoms with van der Waals surface area (Å²) < 4.78 is 34.8. The molecule has 0 amide bonds. The Balaban J connectivity index is 0.00000256. The molecule has 4 rings (SSSR count). The molecule has 1 aromatic rings. The fourth-order valence-electron chi connectivity index (χ4n) is 5.97. The van der Waals surface area contributed by atoms with Crippen LogP contribution in [0.15, 0.2) is 23.1 Å². The van der Waals surface area contributed by atoms with Gasteiger partial charge in [0.05, 0.1) is 10.6 Å². The number of benzene rings is 1. The van der Waals surface area contributed by atoms with Gasteiger partial charge in [-0.1, -0.05) is 52.5 Å². The molecule has 0 aromatic heterocycles. The van der Waals surface area contributed by atoms with Gasteiger partial charge in [0.2, 0.25) is 0 Å². The first-order valence-electron chi connectivity index (χ1n) is 11.2. The van der Waals surface area contributed by atoms with E-state index in [9.17, 15) is 13.0 Å². The molecule has 7 heteroatoms. The van der Waals surface area contributed by atoms with Crippen molar-refractivity contribution >= 4 is 18.0 Å². The molecule has 0 bridgehead atoms. The molecule has 0 radical (unpaired) electrons. The van der Waals surface area contributed by atoms with Crippen LogP contribution in [0.1, 0.15) is 87.8 Å². The summed E-state index contributed by atoms with van der Waals surface area (Å²) in [5, 5.41) is 0. The number of fused-ring (bicyclic) bond motifs is 1. The number of hydrogen-bond donors (Lipinski definition) is 0. The Morgan fingerprint density at radius 3 is 2.00 bits per heavy atom. The molecule has 0 N–H and O–H groups in total. The second kappa shape index (κ2) is 10.8. The average molecular weight is 456 g/mol. The summed E-state index contributed by atoms with van der Waals surface area (Å²) in [6, 6.07) is 4.45. The first-order chi connectivity index (χ1) is 14.0. The zero-order valence-electron chi connectivity index (χ0n) is 18.1. The Morgan fingerprint density at radius 1 is 0.933 bits per heavy atom. The summed E-state index contributed by atoms with van der Waals surface area (Å²) in [7, 11) is -4.76. The second-order valence-corrected chi connectivity index (χ2v) is 13.4. The van der Waals surface area contributed by atoms with Gasteiger partial charge in [0.1, 0.15) is 10.1 Å². The van der Waals surface area contributed by atoms with E-state index in [0.29, 0.717) is 5.66 Å². The molecule has 2 atom stereocenters. The molecular formula is C23H31NNaO3PS. The van der Waals surface area contributed by atoms with Crippen LogP contribution in [0.5, 0.6) is 0 Å². The van der Waals surface area contributed by atoms with Gasteiger partial charge in [-0.3, -0.25) is 0 Å². The van der Waals surface area contributed by atoms with E-state index in [2.05, 4.69) is 4.85 Å². The Morgan fingerprint density at radius 2 is 1.50 bits per heavy atom. The molecule has 0 saturated heterocycles. The summed E-state index contributed by atoms with van der Waals surface area (Å²) >= 11 is 0. The smallest absolute Gasteiger partial charge is 0.744 e. The maximum atomic E-state index is 11.6. The monoisotopic (exact) mass is 455 g/mol. The van der Waals surface area contributed by atoms with E-state index in [1.165, 1.54) is 76.3 Å². The largest absolute Gasteiger partial charge is 1.00 e. The van der Waals surface area contributed by atoms with Crippen molar-refractivity contribution in [3.05, 3.63) is 40.7 Å². The van der Waals surface area contributed by atoms with Crippen molar-refractivity contribution in [1.82, 2.24) is 0 Å². The molecule has 0 aliphatic heterocycles. The van der Waals surface area contributed by atoms with Crippen molar-refractivity contribution in [3.8, 4) is 0 Å². The van der Waals surface area contributed by atoms with E-state index in [0.717, 1.165) is 35.3 Å². The van der Waals surface area contributed by atoms with E-state index in [-0.39, 0.29) is 48.4 Å². The van der Waals surface area contributed by atoms with Gasteiger partial charge in [0, 0.05) is 5.56 Å². The van der Waals surface area contributed by atoms with Crippen LogP contribution in [0.3, 0.4) is 0 Å². The third-order valence-electron chi connectivity index (χ3n) is 7.31. The van der Waals surface area contributed by atoms with Crippen LogP contribution in [-0.4, -0.2) is 29.9 Å². The maximum absolute atomic E-state index is 11.6. The van der Waals surface area contributed by atoms with Gasteiger partial charge in [-0.05, 0) is 67.5 Å². The van der Waals surface area contributed by atoms with Gasteiger partial charge in [-0.15, -0.1) is 0 Å². The topological polar surface area (TPSA) is 61.6 Å². The SMILES string of the molecule is [C-]#[N+]C1c2cc(S(=O)(=O)[O-])ccc2CCC1P(C1CCCCC1)C1CCCCC1.[Na+]. The Bertz CT molecular complexity index is 855. The van der Waals surface area contributed by atoms with Crippen LogP contribution in [0.2, 0.25) is 0 Å². The molecule has 2 unspecified atom stereocenters. The predicted octanol–water partition coefficient (Wildman–Crippen LogP) is 3.02. The van der Waals surface area contributed by atoms with Gasteiger partial charge < -0.3 is 9.40 Å². The van der Waals surface area contributed by atoms with Crippen molar-refractivity contribution in [2.24, 2.45) is 0 Å². The van der Waals surface area contributed by atoms with Gasteiger partial charge in [0.25, 0.3) is 6.04 Å². The van der Waals surface area contributed by atoms with E-state index < -0.39 is 10.1 Å². The van der Waals surface area contributed by atoms with Gasteiger partial charge in [0.15, 0.2) is 0 Å². The van der Waals surface area contributed by atoms with Crippen LogP contribution in [-0.2, 0) is 16.5 Å². The fourth-order valence-corrected chi connectivity index (χ4v) is 11.1. The summed E-state index contributed by atoms with van der Waals surface area (Å²) in [4.78, 5) is 3.90. The first kappa shape index (κ1) is 24.7. The Labute approximate surface area is 205 Å². The third-order valence-corrected chi connectivity index (χ3v) is 12.2. The van der Waals surface area contributed by atoms with Gasteiger partial charge in [-0.2, -0.15) is 0 Å². The standard InChI is InChI=1S/C23H32NO3PS.Na/c1-24-23-21-16-20(29(25,26)27)14-12-17(21)13-15-22(23)28(18-8-4-2-5-9-18)19-10-6-3-7-11-19;/h12,14,16,18-19,22-23H,2-11,13,15H2,(H,25,26,27);/q;+1/p-1. The van der Waals surface area contributed by atoms with Crippen molar-refractivity contribution in [3.63, 3.8) is 0 Å². The van der Waals surface area contributed by atoms with Crippen LogP contribution >= 0.6 is 7.92 Å². The van der Waals surface area contributed by atoms with Crippen molar-refractivity contribution in [2.45, 2.75) is 105 Å². The van der Waals surface area contributed by atoms with Gasteiger partial charge >= 0.3 is 29.6 Å². The fraction of sp³-hybridized carbons (Fsp3) is 0.696. The maximum Gasteiger partial charge on any atom is 1.00 e. The molecule has 2 fully saturated rings. The number of rotatable bonds is 4. The molecular weight excluding hydrogens is 424 g/mol. The minimum atomic E-state index is -4.49. The first-order valence-corrected chi connectivity index (χ1v) is 14.2. The summed E-state index contributed by atoms with van der Waals surface area (Å²) in [5.74, 6) is 0. The van der Waals surface area contributed by atoms with E-state index in [1.807, 2.05) is 0 Å². The average Bonchev–Trinajstić information content (AvgIpc) is 2.74. The Kier molecular flexibility index (Phi) is 8.87. The molecule has 0 spiro atoms. The number of aryl methyl sites for hydroxylation is 1. The normalized spacial score (nSPS) is 25.9. The molecule has 3 aliphatic carbocycles. The van der Waals surface area contributed by atoms with Crippen LogP contribution in [0, 0.1) is 6.57 Å². The minimum absolute atomic E-state index is 0. The third kappa shape index (κ3) is 5.33. The van der Waals surface area contributed by atoms with Crippen molar-refractivity contribution in [1.29, 1.82) is 0 Å². The van der Waals surface area contributed by atoms with Crippen molar-refractivity contribution < 1.29 is 42.5 Å². The minimum Gasteiger partial charge on any atom is -0.744 e. The Hall–Kier alpha value is 0.0500. The summed E-state index contributed by atoms with van der Waals surface area (Å²) in [6.45, 7) is 8.01. The zero-order valence-corrected chi connectivity index (χ0v) is 21.8.